The van der Waals surface area contributed by atoms with Crippen LogP contribution in [0.3, 0.4) is 0 Å². The van der Waals surface area contributed by atoms with Crippen molar-refractivity contribution in [1.82, 2.24) is 4.90 Å². The molecular formula is C20H22N2O2S. The minimum Gasteiger partial charge on any atom is -0.378 e. The Balaban J connectivity index is 2.04. The van der Waals surface area contributed by atoms with E-state index in [1.807, 2.05) is 37.3 Å². The first-order valence-electron chi connectivity index (χ1n) is 8.32. The molecule has 25 heavy (non-hydrogen) atoms. The number of carbonyl (C=O) groups excluding carboxylic acids is 1. The first kappa shape index (κ1) is 17.5. The van der Waals surface area contributed by atoms with Crippen molar-refractivity contribution >= 4 is 22.2 Å². The van der Waals surface area contributed by atoms with Crippen LogP contribution in [0.4, 0.5) is 5.00 Å². The van der Waals surface area contributed by atoms with Gasteiger partial charge in [0.25, 0.3) is 5.91 Å². The lowest BCUT2D eigenvalue weighted by atomic mass is 10.1. The molecule has 0 aliphatic carbocycles. The molecule has 1 aliphatic heterocycles. The van der Waals surface area contributed by atoms with E-state index >= 15 is 0 Å². The summed E-state index contributed by atoms with van der Waals surface area (Å²) in [6.45, 7) is 5.07. The van der Waals surface area contributed by atoms with E-state index < -0.39 is 0 Å². The number of benzene rings is 1. The van der Waals surface area contributed by atoms with E-state index in [0.717, 1.165) is 39.7 Å². The summed E-state index contributed by atoms with van der Waals surface area (Å²) in [7, 11) is 3.57. The molecular weight excluding hydrogens is 332 g/mol. The van der Waals surface area contributed by atoms with Crippen LogP contribution in [0.25, 0.3) is 0 Å². The number of hydrogen-bond donors (Lipinski definition) is 0. The number of rotatable bonds is 2. The molecule has 1 fully saturated rings. The quantitative estimate of drug-likeness (QED) is 0.778. The Bertz CT molecular complexity index is 809. The van der Waals surface area contributed by atoms with Crippen LogP contribution in [0.15, 0.2) is 30.3 Å². The molecule has 1 amide bonds. The van der Waals surface area contributed by atoms with Crippen LogP contribution in [-0.2, 0) is 4.74 Å². The van der Waals surface area contributed by atoms with Gasteiger partial charge >= 0.3 is 0 Å². The fraction of sp³-hybridized carbons (Fsp3) is 0.350. The smallest absolute Gasteiger partial charge is 0.263 e. The van der Waals surface area contributed by atoms with Gasteiger partial charge in [-0.15, -0.1) is 11.3 Å². The monoisotopic (exact) mass is 354 g/mol. The number of anilines is 1. The standard InChI is InChI=1S/C20H22N2O2S/c1-15-17(10-9-16-7-5-4-6-8-16)20(22-11-13-24-14-12-22)25-18(15)19(23)21(2)3/h4-8H,11-14H2,1-3H3. The van der Waals surface area contributed by atoms with E-state index in [4.69, 9.17) is 4.74 Å². The van der Waals surface area contributed by atoms with Crippen molar-refractivity contribution in [2.75, 3.05) is 45.3 Å². The summed E-state index contributed by atoms with van der Waals surface area (Å²) in [5, 5.41) is 1.08. The third-order valence-corrected chi connectivity index (χ3v) is 5.47. The summed E-state index contributed by atoms with van der Waals surface area (Å²) in [5.74, 6) is 6.59. The van der Waals surface area contributed by atoms with Gasteiger partial charge in [0.05, 0.1) is 23.7 Å². The summed E-state index contributed by atoms with van der Waals surface area (Å²) < 4.78 is 5.46. The maximum atomic E-state index is 12.5. The molecule has 0 spiro atoms. The molecule has 0 bridgehead atoms. The van der Waals surface area contributed by atoms with E-state index in [0.29, 0.717) is 13.2 Å². The van der Waals surface area contributed by atoms with Crippen LogP contribution in [-0.4, -0.2) is 51.2 Å². The fourth-order valence-corrected chi connectivity index (χ4v) is 4.03. The van der Waals surface area contributed by atoms with Crippen LogP contribution in [0.5, 0.6) is 0 Å². The van der Waals surface area contributed by atoms with Gasteiger partial charge in [0.1, 0.15) is 5.00 Å². The van der Waals surface area contributed by atoms with Crippen LogP contribution in [0.1, 0.15) is 26.4 Å². The van der Waals surface area contributed by atoms with Gasteiger partial charge in [-0.05, 0) is 24.6 Å². The van der Waals surface area contributed by atoms with Crippen molar-refractivity contribution < 1.29 is 9.53 Å². The molecule has 1 saturated heterocycles. The molecule has 0 N–H and O–H groups in total. The van der Waals surface area contributed by atoms with Crippen molar-refractivity contribution in [2.24, 2.45) is 0 Å². The van der Waals surface area contributed by atoms with Gasteiger partial charge in [-0.1, -0.05) is 30.0 Å². The topological polar surface area (TPSA) is 32.8 Å². The minimum absolute atomic E-state index is 0.0322. The van der Waals surface area contributed by atoms with Crippen molar-refractivity contribution in [2.45, 2.75) is 6.92 Å². The lowest BCUT2D eigenvalue weighted by Gasteiger charge is -2.27. The van der Waals surface area contributed by atoms with Crippen molar-refractivity contribution in [3.8, 4) is 11.8 Å². The van der Waals surface area contributed by atoms with Gasteiger partial charge in [-0.3, -0.25) is 4.79 Å². The van der Waals surface area contributed by atoms with Crippen LogP contribution in [0.2, 0.25) is 0 Å². The highest BCUT2D eigenvalue weighted by Crippen LogP contribution is 2.36. The second-order valence-corrected chi connectivity index (χ2v) is 7.15. The maximum Gasteiger partial charge on any atom is 0.263 e. The number of amides is 1. The van der Waals surface area contributed by atoms with Gasteiger partial charge < -0.3 is 14.5 Å². The average Bonchev–Trinajstić information content (AvgIpc) is 2.97. The lowest BCUT2D eigenvalue weighted by molar-refractivity contribution is 0.0831. The Labute approximate surface area is 153 Å². The summed E-state index contributed by atoms with van der Waals surface area (Å²) in [6.07, 6.45) is 0. The normalized spacial score (nSPS) is 14.0. The zero-order valence-corrected chi connectivity index (χ0v) is 15.7. The highest BCUT2D eigenvalue weighted by molar-refractivity contribution is 7.18. The van der Waals surface area contributed by atoms with Crippen molar-refractivity contribution in [1.29, 1.82) is 0 Å². The number of hydrogen-bond acceptors (Lipinski definition) is 4. The van der Waals surface area contributed by atoms with E-state index in [1.165, 1.54) is 0 Å². The molecule has 0 radical (unpaired) electrons. The van der Waals surface area contributed by atoms with Crippen molar-refractivity contribution in [3.63, 3.8) is 0 Å². The predicted octanol–water partition coefficient (Wildman–Crippen LogP) is 2.99. The zero-order valence-electron chi connectivity index (χ0n) is 14.8. The molecule has 1 aromatic carbocycles. The molecule has 2 heterocycles. The van der Waals surface area contributed by atoms with Gasteiger partial charge in [0, 0.05) is 32.7 Å². The average molecular weight is 354 g/mol. The Morgan fingerprint density at radius 3 is 2.48 bits per heavy atom. The zero-order chi connectivity index (χ0) is 17.8. The number of nitrogens with zero attached hydrogens (tertiary/aromatic N) is 2. The van der Waals surface area contributed by atoms with E-state index in [2.05, 4.69) is 16.7 Å². The number of carbonyl (C=O) groups is 1. The van der Waals surface area contributed by atoms with Crippen LogP contribution in [0, 0.1) is 18.8 Å². The van der Waals surface area contributed by atoms with Crippen LogP contribution < -0.4 is 4.90 Å². The highest BCUT2D eigenvalue weighted by atomic mass is 32.1. The Kier molecular flexibility index (Phi) is 5.42. The van der Waals surface area contributed by atoms with E-state index in [-0.39, 0.29) is 5.91 Å². The third kappa shape index (κ3) is 3.87. The SMILES string of the molecule is Cc1c(C(=O)N(C)C)sc(N2CCOCC2)c1C#Cc1ccccc1. The van der Waals surface area contributed by atoms with Gasteiger partial charge in [0.15, 0.2) is 0 Å². The molecule has 4 nitrogen and oxygen atoms in total. The predicted molar refractivity (Wildman–Crippen MR) is 103 cm³/mol. The first-order chi connectivity index (χ1) is 12.1. The second-order valence-electron chi connectivity index (χ2n) is 6.15. The van der Waals surface area contributed by atoms with E-state index in [9.17, 15) is 4.79 Å². The number of ether oxygens (including phenoxy) is 1. The molecule has 0 saturated carbocycles. The molecule has 3 rings (SSSR count). The Morgan fingerprint density at radius 2 is 1.84 bits per heavy atom. The molecule has 0 unspecified atom stereocenters. The van der Waals surface area contributed by atoms with E-state index in [1.54, 1.807) is 30.3 Å². The highest BCUT2D eigenvalue weighted by Gasteiger charge is 2.24. The molecule has 5 heteroatoms. The Hall–Kier alpha value is -2.29. The number of morpholine rings is 1. The largest absolute Gasteiger partial charge is 0.378 e. The lowest BCUT2D eigenvalue weighted by Crippen LogP contribution is -2.36. The minimum atomic E-state index is 0.0322. The summed E-state index contributed by atoms with van der Waals surface area (Å²) in [4.78, 5) is 17.2. The summed E-state index contributed by atoms with van der Waals surface area (Å²) >= 11 is 1.54. The maximum absolute atomic E-state index is 12.5. The van der Waals surface area contributed by atoms with Gasteiger partial charge in [-0.2, -0.15) is 0 Å². The summed E-state index contributed by atoms with van der Waals surface area (Å²) in [6, 6.07) is 9.93. The molecule has 1 aromatic heterocycles. The Morgan fingerprint density at radius 1 is 1.16 bits per heavy atom. The summed E-state index contributed by atoms with van der Waals surface area (Å²) in [5.41, 5.74) is 2.90. The molecule has 1 aliphatic rings. The molecule has 0 atom stereocenters. The first-order valence-corrected chi connectivity index (χ1v) is 9.14. The molecule has 2 aromatic rings. The fourth-order valence-electron chi connectivity index (χ4n) is 2.70. The number of thiophene rings is 1. The van der Waals surface area contributed by atoms with Gasteiger partial charge in [-0.25, -0.2) is 0 Å². The van der Waals surface area contributed by atoms with Crippen molar-refractivity contribution in [3.05, 3.63) is 51.9 Å². The third-order valence-electron chi connectivity index (χ3n) is 4.13. The molecule has 130 valence electrons. The second kappa shape index (κ2) is 7.73. The van der Waals surface area contributed by atoms with Gasteiger partial charge in [0.2, 0.25) is 0 Å². The van der Waals surface area contributed by atoms with Crippen LogP contribution >= 0.6 is 11.3 Å².